The van der Waals surface area contributed by atoms with Crippen LogP contribution in [-0.4, -0.2) is 24.9 Å². The van der Waals surface area contributed by atoms with Crippen molar-refractivity contribution in [1.82, 2.24) is 5.32 Å². The predicted molar refractivity (Wildman–Crippen MR) is 77.5 cm³/mol. The van der Waals surface area contributed by atoms with Gasteiger partial charge in [-0.05, 0) is 51.3 Å². The first-order chi connectivity index (χ1) is 9.17. The van der Waals surface area contributed by atoms with E-state index in [1.807, 2.05) is 26.0 Å². The van der Waals surface area contributed by atoms with Gasteiger partial charge in [-0.2, -0.15) is 0 Å². The summed E-state index contributed by atoms with van der Waals surface area (Å²) in [6.07, 6.45) is 2.99. The maximum absolute atomic E-state index is 5.63. The van der Waals surface area contributed by atoms with Crippen molar-refractivity contribution in [2.24, 2.45) is 0 Å². The molecule has 3 heteroatoms. The Bertz CT molecular complexity index is 369. The van der Waals surface area contributed by atoms with E-state index in [0.29, 0.717) is 12.1 Å². The van der Waals surface area contributed by atoms with Crippen molar-refractivity contribution in [2.45, 2.75) is 58.4 Å². The van der Waals surface area contributed by atoms with Crippen molar-refractivity contribution in [3.63, 3.8) is 0 Å². The zero-order valence-electron chi connectivity index (χ0n) is 12.2. The van der Waals surface area contributed by atoms with Crippen LogP contribution >= 0.6 is 0 Å². The molecule has 1 fully saturated rings. The first-order valence-electron chi connectivity index (χ1n) is 7.28. The molecule has 0 aromatic heterocycles. The summed E-state index contributed by atoms with van der Waals surface area (Å²) in [5.74, 6) is 0.943. The average Bonchev–Trinajstić information content (AvgIpc) is 2.33. The van der Waals surface area contributed by atoms with E-state index in [-0.39, 0.29) is 6.10 Å². The third-order valence-corrected chi connectivity index (χ3v) is 3.39. The van der Waals surface area contributed by atoms with Crippen molar-refractivity contribution >= 4 is 0 Å². The Hall–Kier alpha value is -1.06. The first kappa shape index (κ1) is 14.4. The van der Waals surface area contributed by atoms with Gasteiger partial charge < -0.3 is 14.8 Å². The molecule has 0 heterocycles. The Labute approximate surface area is 116 Å². The fraction of sp³-hybridized carbons (Fsp3) is 0.625. The van der Waals surface area contributed by atoms with Gasteiger partial charge in [-0.1, -0.05) is 12.1 Å². The van der Waals surface area contributed by atoms with Crippen LogP contribution < -0.4 is 10.1 Å². The lowest BCUT2D eigenvalue weighted by atomic mass is 9.89. The summed E-state index contributed by atoms with van der Waals surface area (Å²) in [6.45, 7) is 7.89. The summed E-state index contributed by atoms with van der Waals surface area (Å²) >= 11 is 0. The minimum Gasteiger partial charge on any atom is -0.491 e. The van der Waals surface area contributed by atoms with E-state index in [0.717, 1.165) is 31.7 Å². The fourth-order valence-electron chi connectivity index (χ4n) is 2.32. The Balaban J connectivity index is 1.69. The second-order valence-corrected chi connectivity index (χ2v) is 5.44. The molecular formula is C16H25NO2. The van der Waals surface area contributed by atoms with Gasteiger partial charge in [-0.25, -0.2) is 0 Å². The van der Waals surface area contributed by atoms with Crippen molar-refractivity contribution in [3.8, 4) is 5.75 Å². The molecule has 0 atom stereocenters. The third-order valence-electron chi connectivity index (χ3n) is 3.39. The molecule has 1 saturated carbocycles. The van der Waals surface area contributed by atoms with Gasteiger partial charge in [0.1, 0.15) is 5.75 Å². The van der Waals surface area contributed by atoms with E-state index in [4.69, 9.17) is 9.47 Å². The average molecular weight is 263 g/mol. The molecule has 1 N–H and O–H groups in total. The smallest absolute Gasteiger partial charge is 0.119 e. The molecule has 0 spiro atoms. The van der Waals surface area contributed by atoms with E-state index in [9.17, 15) is 0 Å². The molecule has 1 aromatic rings. The van der Waals surface area contributed by atoms with Crippen LogP contribution in [0.1, 0.15) is 39.2 Å². The molecular weight excluding hydrogens is 238 g/mol. The SMILES string of the molecule is CCOC1CC(NCc2ccc(OC(C)C)cc2)C1. The number of ether oxygens (including phenoxy) is 2. The molecule has 1 aliphatic carbocycles. The first-order valence-corrected chi connectivity index (χ1v) is 7.28. The summed E-state index contributed by atoms with van der Waals surface area (Å²) in [7, 11) is 0. The lowest BCUT2D eigenvalue weighted by molar-refractivity contribution is -0.0102. The molecule has 3 nitrogen and oxygen atoms in total. The van der Waals surface area contributed by atoms with Crippen LogP contribution in [0.3, 0.4) is 0 Å². The molecule has 19 heavy (non-hydrogen) atoms. The highest BCUT2D eigenvalue weighted by molar-refractivity contribution is 5.27. The van der Waals surface area contributed by atoms with E-state index in [2.05, 4.69) is 24.4 Å². The lowest BCUT2D eigenvalue weighted by Crippen LogP contribution is -2.45. The monoisotopic (exact) mass is 263 g/mol. The maximum atomic E-state index is 5.63. The maximum Gasteiger partial charge on any atom is 0.119 e. The molecule has 0 bridgehead atoms. The second kappa shape index (κ2) is 6.92. The van der Waals surface area contributed by atoms with Gasteiger partial charge in [0, 0.05) is 19.2 Å². The fourth-order valence-corrected chi connectivity index (χ4v) is 2.32. The van der Waals surface area contributed by atoms with E-state index >= 15 is 0 Å². The normalized spacial score (nSPS) is 22.3. The molecule has 106 valence electrons. The van der Waals surface area contributed by atoms with Crippen molar-refractivity contribution in [3.05, 3.63) is 29.8 Å². The highest BCUT2D eigenvalue weighted by Crippen LogP contribution is 2.23. The topological polar surface area (TPSA) is 30.5 Å². The Morgan fingerprint density at radius 2 is 1.89 bits per heavy atom. The van der Waals surface area contributed by atoms with Gasteiger partial charge in [0.05, 0.1) is 12.2 Å². The van der Waals surface area contributed by atoms with E-state index < -0.39 is 0 Å². The summed E-state index contributed by atoms with van der Waals surface area (Å²) in [5.41, 5.74) is 1.30. The van der Waals surface area contributed by atoms with E-state index in [1.54, 1.807) is 0 Å². The van der Waals surface area contributed by atoms with Gasteiger partial charge >= 0.3 is 0 Å². The van der Waals surface area contributed by atoms with Crippen LogP contribution in [0.5, 0.6) is 5.75 Å². The van der Waals surface area contributed by atoms with Crippen molar-refractivity contribution in [2.75, 3.05) is 6.61 Å². The van der Waals surface area contributed by atoms with Crippen LogP contribution in [0, 0.1) is 0 Å². The van der Waals surface area contributed by atoms with Gasteiger partial charge in [-0.15, -0.1) is 0 Å². The number of benzene rings is 1. The molecule has 1 aliphatic rings. The zero-order valence-corrected chi connectivity index (χ0v) is 12.2. The summed E-state index contributed by atoms with van der Waals surface area (Å²) in [6, 6.07) is 8.96. The highest BCUT2D eigenvalue weighted by atomic mass is 16.5. The molecule has 0 aliphatic heterocycles. The predicted octanol–water partition coefficient (Wildman–Crippen LogP) is 3.13. The van der Waals surface area contributed by atoms with Crippen LogP contribution in [0.2, 0.25) is 0 Å². The second-order valence-electron chi connectivity index (χ2n) is 5.44. The number of hydrogen-bond acceptors (Lipinski definition) is 3. The molecule has 2 rings (SSSR count). The highest BCUT2D eigenvalue weighted by Gasteiger charge is 2.28. The van der Waals surface area contributed by atoms with Crippen LogP contribution in [0.25, 0.3) is 0 Å². The van der Waals surface area contributed by atoms with Gasteiger partial charge in [-0.3, -0.25) is 0 Å². The summed E-state index contributed by atoms with van der Waals surface area (Å²) < 4.78 is 11.2. The van der Waals surface area contributed by atoms with E-state index in [1.165, 1.54) is 5.56 Å². The number of hydrogen-bond donors (Lipinski definition) is 1. The van der Waals surface area contributed by atoms with Crippen molar-refractivity contribution < 1.29 is 9.47 Å². The Morgan fingerprint density at radius 1 is 1.21 bits per heavy atom. The van der Waals surface area contributed by atoms with Crippen molar-refractivity contribution in [1.29, 1.82) is 0 Å². The van der Waals surface area contributed by atoms with Crippen LogP contribution in [0.4, 0.5) is 0 Å². The minimum absolute atomic E-state index is 0.231. The summed E-state index contributed by atoms with van der Waals surface area (Å²) in [5, 5.41) is 3.56. The minimum atomic E-state index is 0.231. The standard InChI is InChI=1S/C16H25NO2/c1-4-18-16-9-14(10-16)17-11-13-5-7-15(8-6-13)19-12(2)3/h5-8,12,14,16-17H,4,9-11H2,1-3H3. The number of rotatable bonds is 7. The zero-order chi connectivity index (χ0) is 13.7. The van der Waals surface area contributed by atoms with Crippen LogP contribution in [-0.2, 0) is 11.3 Å². The Kier molecular flexibility index (Phi) is 5.23. The van der Waals surface area contributed by atoms with Gasteiger partial charge in [0.2, 0.25) is 0 Å². The lowest BCUT2D eigenvalue weighted by Gasteiger charge is -2.35. The molecule has 0 unspecified atom stereocenters. The molecule has 0 amide bonds. The van der Waals surface area contributed by atoms with Gasteiger partial charge in [0.15, 0.2) is 0 Å². The molecule has 1 aromatic carbocycles. The third kappa shape index (κ3) is 4.51. The summed E-state index contributed by atoms with van der Waals surface area (Å²) in [4.78, 5) is 0. The van der Waals surface area contributed by atoms with Gasteiger partial charge in [0.25, 0.3) is 0 Å². The van der Waals surface area contributed by atoms with Crippen LogP contribution in [0.15, 0.2) is 24.3 Å². The molecule has 0 radical (unpaired) electrons. The quantitative estimate of drug-likeness (QED) is 0.820. The number of nitrogens with one attached hydrogen (secondary N) is 1. The molecule has 0 saturated heterocycles. The Morgan fingerprint density at radius 3 is 2.47 bits per heavy atom. The largest absolute Gasteiger partial charge is 0.491 e.